The predicted octanol–water partition coefficient (Wildman–Crippen LogP) is 2.86. The Hall–Kier alpha value is -2.08. The van der Waals surface area contributed by atoms with Crippen LogP contribution in [-0.4, -0.2) is 14.7 Å². The molecule has 0 fully saturated rings. The molecule has 2 aromatic carbocycles. The fourth-order valence-electron chi connectivity index (χ4n) is 1.75. The van der Waals surface area contributed by atoms with E-state index in [4.69, 9.17) is 5.73 Å². The first-order valence-corrected chi connectivity index (χ1v) is 7.79. The highest BCUT2D eigenvalue weighted by molar-refractivity contribution is 7.90. The summed E-state index contributed by atoms with van der Waals surface area (Å²) < 4.78 is 36.0. The monoisotopic (exact) mass is 294 g/mol. The first kappa shape index (κ1) is 14.3. The van der Waals surface area contributed by atoms with Gasteiger partial charge in [-0.3, -0.25) is 0 Å². The summed E-state index contributed by atoms with van der Waals surface area (Å²) in [6.45, 7) is 1.65. The zero-order valence-corrected chi connectivity index (χ0v) is 12.0. The van der Waals surface area contributed by atoms with Gasteiger partial charge in [0, 0.05) is 11.9 Å². The summed E-state index contributed by atoms with van der Waals surface area (Å²) >= 11 is 0. The van der Waals surface area contributed by atoms with Gasteiger partial charge in [-0.2, -0.15) is 0 Å². The van der Waals surface area contributed by atoms with Gasteiger partial charge in [0.1, 0.15) is 5.82 Å². The van der Waals surface area contributed by atoms with E-state index in [0.29, 0.717) is 22.6 Å². The van der Waals surface area contributed by atoms with Crippen molar-refractivity contribution < 1.29 is 12.8 Å². The molecule has 0 aliphatic carbocycles. The highest BCUT2D eigenvalue weighted by Gasteiger charge is 2.08. The number of halogens is 1. The van der Waals surface area contributed by atoms with Crippen LogP contribution >= 0.6 is 0 Å². The molecule has 20 heavy (non-hydrogen) atoms. The highest BCUT2D eigenvalue weighted by Crippen LogP contribution is 2.26. The molecular formula is C14H15FN2O2S. The number of nitrogens with two attached hydrogens (primary N) is 1. The first-order chi connectivity index (χ1) is 9.27. The third kappa shape index (κ3) is 3.08. The summed E-state index contributed by atoms with van der Waals surface area (Å²) in [4.78, 5) is 0.242. The second-order valence-electron chi connectivity index (χ2n) is 4.61. The molecule has 0 heterocycles. The second kappa shape index (κ2) is 5.13. The Morgan fingerprint density at radius 2 is 1.75 bits per heavy atom. The Bertz CT molecular complexity index is 741. The lowest BCUT2D eigenvalue weighted by Crippen LogP contribution is -2.00. The lowest BCUT2D eigenvalue weighted by Gasteiger charge is -2.11. The minimum absolute atomic E-state index is 0.242. The van der Waals surface area contributed by atoms with Crippen molar-refractivity contribution in [2.75, 3.05) is 17.3 Å². The fraction of sp³-hybridized carbons (Fsp3) is 0.143. The van der Waals surface area contributed by atoms with Crippen molar-refractivity contribution in [3.8, 4) is 0 Å². The van der Waals surface area contributed by atoms with Gasteiger partial charge in [0.25, 0.3) is 0 Å². The quantitative estimate of drug-likeness (QED) is 0.854. The molecule has 0 amide bonds. The Labute approximate surface area is 117 Å². The normalized spacial score (nSPS) is 11.3. The van der Waals surface area contributed by atoms with Crippen LogP contribution in [0.3, 0.4) is 0 Å². The number of rotatable bonds is 3. The van der Waals surface area contributed by atoms with Crippen LogP contribution in [0.25, 0.3) is 0 Å². The van der Waals surface area contributed by atoms with Crippen molar-refractivity contribution in [2.24, 2.45) is 0 Å². The predicted molar refractivity (Wildman–Crippen MR) is 78.4 cm³/mol. The molecule has 3 N–H and O–H groups in total. The third-order valence-corrected chi connectivity index (χ3v) is 4.02. The number of hydrogen-bond acceptors (Lipinski definition) is 4. The van der Waals surface area contributed by atoms with Crippen LogP contribution in [0.1, 0.15) is 5.56 Å². The molecule has 0 aliphatic rings. The van der Waals surface area contributed by atoms with E-state index in [9.17, 15) is 12.8 Å². The van der Waals surface area contributed by atoms with E-state index >= 15 is 0 Å². The number of nitrogens with one attached hydrogen (secondary N) is 1. The first-order valence-electron chi connectivity index (χ1n) is 5.90. The summed E-state index contributed by atoms with van der Waals surface area (Å²) in [6.07, 6.45) is 1.15. The van der Waals surface area contributed by atoms with E-state index in [-0.39, 0.29) is 10.7 Å². The summed E-state index contributed by atoms with van der Waals surface area (Å²) in [7, 11) is -3.21. The summed E-state index contributed by atoms with van der Waals surface area (Å²) in [5.74, 6) is -0.361. The molecular weight excluding hydrogens is 279 g/mol. The lowest BCUT2D eigenvalue weighted by atomic mass is 10.1. The van der Waals surface area contributed by atoms with Crippen LogP contribution in [0.2, 0.25) is 0 Å². The average Bonchev–Trinajstić information content (AvgIpc) is 2.35. The minimum atomic E-state index is -3.21. The highest BCUT2D eigenvalue weighted by atomic mass is 32.2. The van der Waals surface area contributed by atoms with E-state index < -0.39 is 9.84 Å². The number of hydrogen-bond donors (Lipinski definition) is 2. The van der Waals surface area contributed by atoms with Gasteiger partial charge in [0.05, 0.1) is 16.3 Å². The smallest absolute Gasteiger partial charge is 0.175 e. The van der Waals surface area contributed by atoms with Crippen LogP contribution in [-0.2, 0) is 9.84 Å². The van der Waals surface area contributed by atoms with Crippen molar-refractivity contribution >= 4 is 26.9 Å². The molecule has 0 bridgehead atoms. The van der Waals surface area contributed by atoms with Gasteiger partial charge < -0.3 is 11.1 Å². The SMILES string of the molecule is Cc1cc(Nc2ccc(S(C)(=O)=O)cc2)c(N)cc1F. The maximum atomic E-state index is 13.3. The molecule has 4 nitrogen and oxygen atoms in total. The summed E-state index contributed by atoms with van der Waals surface area (Å²) in [5, 5.41) is 3.03. The zero-order chi connectivity index (χ0) is 14.9. The number of sulfone groups is 1. The lowest BCUT2D eigenvalue weighted by molar-refractivity contribution is 0.602. The zero-order valence-electron chi connectivity index (χ0n) is 11.1. The van der Waals surface area contributed by atoms with Gasteiger partial charge in [-0.25, -0.2) is 12.8 Å². The average molecular weight is 294 g/mol. The minimum Gasteiger partial charge on any atom is -0.397 e. The van der Waals surface area contributed by atoms with Gasteiger partial charge in [0.2, 0.25) is 0 Å². The standard InChI is InChI=1S/C14H15FN2O2S/c1-9-7-14(13(16)8-12(9)15)17-10-3-5-11(6-4-10)20(2,18)19/h3-8,17H,16H2,1-2H3. The van der Waals surface area contributed by atoms with Gasteiger partial charge in [0.15, 0.2) is 9.84 Å². The molecule has 0 unspecified atom stereocenters. The van der Waals surface area contributed by atoms with Crippen LogP contribution in [0.4, 0.5) is 21.5 Å². The molecule has 106 valence electrons. The van der Waals surface area contributed by atoms with Gasteiger partial charge >= 0.3 is 0 Å². The topological polar surface area (TPSA) is 72.2 Å². The van der Waals surface area contributed by atoms with E-state index in [1.807, 2.05) is 0 Å². The van der Waals surface area contributed by atoms with Gasteiger partial charge in [-0.15, -0.1) is 0 Å². The van der Waals surface area contributed by atoms with Crippen molar-refractivity contribution in [3.05, 3.63) is 47.8 Å². The number of anilines is 3. The number of aryl methyl sites for hydroxylation is 1. The third-order valence-electron chi connectivity index (χ3n) is 2.89. The molecule has 0 saturated heterocycles. The Morgan fingerprint density at radius 3 is 2.30 bits per heavy atom. The number of benzene rings is 2. The van der Waals surface area contributed by atoms with E-state index in [0.717, 1.165) is 6.26 Å². The summed E-state index contributed by atoms with van der Waals surface area (Å²) in [5.41, 5.74) is 7.77. The van der Waals surface area contributed by atoms with Gasteiger partial charge in [-0.1, -0.05) is 0 Å². The molecule has 0 radical (unpaired) electrons. The van der Waals surface area contributed by atoms with Crippen LogP contribution in [0, 0.1) is 12.7 Å². The maximum absolute atomic E-state index is 13.3. The second-order valence-corrected chi connectivity index (χ2v) is 6.63. The van der Waals surface area contributed by atoms with Crippen molar-refractivity contribution in [1.82, 2.24) is 0 Å². The largest absolute Gasteiger partial charge is 0.397 e. The Kier molecular flexibility index (Phi) is 3.67. The van der Waals surface area contributed by atoms with Crippen LogP contribution in [0.15, 0.2) is 41.3 Å². The van der Waals surface area contributed by atoms with Crippen molar-refractivity contribution in [1.29, 1.82) is 0 Å². The molecule has 2 aromatic rings. The number of nitrogen functional groups attached to an aromatic ring is 1. The molecule has 2 rings (SSSR count). The molecule has 0 aliphatic heterocycles. The fourth-order valence-corrected chi connectivity index (χ4v) is 2.38. The molecule has 0 saturated carbocycles. The van der Waals surface area contributed by atoms with Crippen LogP contribution in [0.5, 0.6) is 0 Å². The van der Waals surface area contributed by atoms with Crippen molar-refractivity contribution in [3.63, 3.8) is 0 Å². The molecule has 6 heteroatoms. The van der Waals surface area contributed by atoms with Crippen molar-refractivity contribution in [2.45, 2.75) is 11.8 Å². The van der Waals surface area contributed by atoms with E-state index in [1.54, 1.807) is 25.1 Å². The Balaban J connectivity index is 2.29. The molecule has 0 spiro atoms. The van der Waals surface area contributed by atoms with E-state index in [2.05, 4.69) is 5.32 Å². The Morgan fingerprint density at radius 1 is 1.15 bits per heavy atom. The van der Waals surface area contributed by atoms with Crippen LogP contribution < -0.4 is 11.1 Å². The molecule has 0 aromatic heterocycles. The maximum Gasteiger partial charge on any atom is 0.175 e. The molecule has 0 atom stereocenters. The van der Waals surface area contributed by atoms with E-state index in [1.165, 1.54) is 18.2 Å². The summed E-state index contributed by atoms with van der Waals surface area (Å²) in [6, 6.07) is 9.13. The van der Waals surface area contributed by atoms with Gasteiger partial charge in [-0.05, 0) is 48.9 Å².